The fourth-order valence-corrected chi connectivity index (χ4v) is 4.97. The Morgan fingerprint density at radius 3 is 2.31 bits per heavy atom. The number of carbonyl (C=O) groups excluding carboxylic acids is 1. The highest BCUT2D eigenvalue weighted by atomic mass is 16.5. The van der Waals surface area contributed by atoms with E-state index in [0.29, 0.717) is 43.1 Å². The van der Waals surface area contributed by atoms with Gasteiger partial charge in [0, 0.05) is 37.3 Å². The molecule has 36 heavy (non-hydrogen) atoms. The SMILES string of the molecule is COc1ccc2ccc(O)c([C@@H](c3ccc(C#N)cc3)N3CCN(C(=O)c4ccccc4)CC3)c2c1. The summed E-state index contributed by atoms with van der Waals surface area (Å²) in [5.41, 5.74) is 3.04. The molecule has 0 aromatic heterocycles. The van der Waals surface area contributed by atoms with Crippen LogP contribution in [0.1, 0.15) is 33.1 Å². The molecule has 6 nitrogen and oxygen atoms in total. The van der Waals surface area contributed by atoms with E-state index in [1.807, 2.05) is 71.6 Å². The van der Waals surface area contributed by atoms with Gasteiger partial charge in [-0.1, -0.05) is 42.5 Å². The summed E-state index contributed by atoms with van der Waals surface area (Å²) in [7, 11) is 1.63. The Morgan fingerprint density at radius 2 is 1.64 bits per heavy atom. The van der Waals surface area contributed by atoms with Crippen molar-refractivity contribution in [2.75, 3.05) is 33.3 Å². The second-order valence-corrected chi connectivity index (χ2v) is 8.92. The first kappa shape index (κ1) is 23.4. The molecule has 180 valence electrons. The van der Waals surface area contributed by atoms with E-state index in [9.17, 15) is 15.2 Å². The smallest absolute Gasteiger partial charge is 0.253 e. The molecule has 1 atom stereocenters. The van der Waals surface area contributed by atoms with Gasteiger partial charge in [-0.3, -0.25) is 9.69 Å². The number of benzene rings is 4. The highest BCUT2D eigenvalue weighted by Gasteiger charge is 2.31. The average Bonchev–Trinajstić information content (AvgIpc) is 2.95. The first-order valence-electron chi connectivity index (χ1n) is 12.0. The van der Waals surface area contributed by atoms with Crippen molar-refractivity contribution in [3.63, 3.8) is 0 Å². The molecule has 1 N–H and O–H groups in total. The number of phenols is 1. The molecule has 0 radical (unpaired) electrons. The zero-order valence-electron chi connectivity index (χ0n) is 20.1. The number of hydrogen-bond donors (Lipinski definition) is 1. The van der Waals surface area contributed by atoms with Gasteiger partial charge in [-0.2, -0.15) is 5.26 Å². The Hall–Kier alpha value is -4.34. The number of nitriles is 1. The van der Waals surface area contributed by atoms with Crippen molar-refractivity contribution < 1.29 is 14.6 Å². The Balaban J connectivity index is 1.53. The van der Waals surface area contributed by atoms with Gasteiger partial charge in [0.1, 0.15) is 11.5 Å². The molecule has 1 fully saturated rings. The Bertz CT molecular complexity index is 1420. The van der Waals surface area contributed by atoms with Gasteiger partial charge in [0.05, 0.1) is 24.8 Å². The topological polar surface area (TPSA) is 76.8 Å². The fraction of sp³-hybridized carbons (Fsp3) is 0.200. The second-order valence-electron chi connectivity index (χ2n) is 8.92. The third-order valence-electron chi connectivity index (χ3n) is 6.86. The number of methoxy groups -OCH3 is 1. The zero-order valence-corrected chi connectivity index (χ0v) is 20.1. The maximum absolute atomic E-state index is 13.0. The molecule has 1 heterocycles. The molecule has 1 amide bonds. The van der Waals surface area contributed by atoms with Crippen molar-refractivity contribution >= 4 is 16.7 Å². The highest BCUT2D eigenvalue weighted by Crippen LogP contribution is 2.41. The molecule has 0 unspecified atom stereocenters. The minimum Gasteiger partial charge on any atom is -0.508 e. The third-order valence-corrected chi connectivity index (χ3v) is 6.86. The summed E-state index contributed by atoms with van der Waals surface area (Å²) in [6.07, 6.45) is 0. The van der Waals surface area contributed by atoms with Gasteiger partial charge < -0.3 is 14.7 Å². The van der Waals surface area contributed by atoms with Crippen LogP contribution in [-0.2, 0) is 0 Å². The van der Waals surface area contributed by atoms with Gasteiger partial charge in [-0.05, 0) is 58.8 Å². The first-order valence-corrected chi connectivity index (χ1v) is 12.0. The van der Waals surface area contributed by atoms with Crippen LogP contribution in [0.15, 0.2) is 84.9 Å². The van der Waals surface area contributed by atoms with Crippen molar-refractivity contribution in [2.24, 2.45) is 0 Å². The lowest BCUT2D eigenvalue weighted by Gasteiger charge is -2.40. The van der Waals surface area contributed by atoms with E-state index >= 15 is 0 Å². The Labute approximate surface area is 210 Å². The lowest BCUT2D eigenvalue weighted by molar-refractivity contribution is 0.0596. The number of piperazine rings is 1. The summed E-state index contributed by atoms with van der Waals surface area (Å²) in [4.78, 5) is 17.2. The molecular weight excluding hydrogens is 450 g/mol. The van der Waals surface area contributed by atoms with Crippen LogP contribution >= 0.6 is 0 Å². The van der Waals surface area contributed by atoms with E-state index < -0.39 is 0 Å². The molecule has 5 rings (SSSR count). The van der Waals surface area contributed by atoms with Gasteiger partial charge in [-0.15, -0.1) is 0 Å². The normalized spacial score (nSPS) is 14.8. The van der Waals surface area contributed by atoms with Gasteiger partial charge in [0.15, 0.2) is 0 Å². The van der Waals surface area contributed by atoms with Crippen LogP contribution in [0, 0.1) is 11.3 Å². The van der Waals surface area contributed by atoms with E-state index in [4.69, 9.17) is 4.74 Å². The molecule has 0 spiro atoms. The van der Waals surface area contributed by atoms with Crippen LogP contribution in [0.3, 0.4) is 0 Å². The van der Waals surface area contributed by atoms with Gasteiger partial charge >= 0.3 is 0 Å². The van der Waals surface area contributed by atoms with E-state index in [0.717, 1.165) is 21.9 Å². The summed E-state index contributed by atoms with van der Waals surface area (Å²) in [6.45, 7) is 2.44. The number of ether oxygens (including phenoxy) is 1. The minimum atomic E-state index is -0.262. The average molecular weight is 478 g/mol. The number of hydrogen-bond acceptors (Lipinski definition) is 5. The number of phenolic OH excluding ortho intramolecular Hbond substituents is 1. The second kappa shape index (κ2) is 10.1. The maximum Gasteiger partial charge on any atom is 0.253 e. The van der Waals surface area contributed by atoms with Crippen molar-refractivity contribution in [3.8, 4) is 17.6 Å². The molecule has 4 aromatic carbocycles. The molecule has 1 aliphatic rings. The number of fused-ring (bicyclic) bond motifs is 1. The van der Waals surface area contributed by atoms with Crippen molar-refractivity contribution in [1.82, 2.24) is 9.80 Å². The Morgan fingerprint density at radius 1 is 0.944 bits per heavy atom. The summed E-state index contributed by atoms with van der Waals surface area (Å²) >= 11 is 0. The van der Waals surface area contributed by atoms with Crippen LogP contribution in [0.25, 0.3) is 10.8 Å². The lowest BCUT2D eigenvalue weighted by Crippen LogP contribution is -2.49. The van der Waals surface area contributed by atoms with E-state index in [-0.39, 0.29) is 17.7 Å². The highest BCUT2D eigenvalue weighted by molar-refractivity contribution is 5.94. The molecule has 4 aromatic rings. The molecule has 1 saturated heterocycles. The fourth-order valence-electron chi connectivity index (χ4n) is 4.97. The number of amides is 1. The maximum atomic E-state index is 13.0. The van der Waals surface area contributed by atoms with Crippen molar-refractivity contribution in [3.05, 3.63) is 107 Å². The number of carbonyl (C=O) groups is 1. The summed E-state index contributed by atoms with van der Waals surface area (Å²) in [5.74, 6) is 0.946. The van der Waals surface area contributed by atoms with Gasteiger partial charge in [0.25, 0.3) is 5.91 Å². The number of aromatic hydroxyl groups is 1. The van der Waals surface area contributed by atoms with E-state index in [2.05, 4.69) is 11.0 Å². The summed E-state index contributed by atoms with van der Waals surface area (Å²) in [5, 5.41) is 22.3. The molecule has 1 aliphatic heterocycles. The molecule has 0 saturated carbocycles. The van der Waals surface area contributed by atoms with Crippen LogP contribution in [0.4, 0.5) is 0 Å². The first-order chi connectivity index (χ1) is 17.6. The van der Waals surface area contributed by atoms with Crippen molar-refractivity contribution in [1.29, 1.82) is 5.26 Å². The van der Waals surface area contributed by atoms with Crippen molar-refractivity contribution in [2.45, 2.75) is 6.04 Å². The van der Waals surface area contributed by atoms with Crippen LogP contribution in [-0.4, -0.2) is 54.1 Å². The van der Waals surface area contributed by atoms with E-state index in [1.165, 1.54) is 0 Å². The molecule has 6 heteroatoms. The predicted octanol–water partition coefficient (Wildman–Crippen LogP) is 4.97. The monoisotopic (exact) mass is 477 g/mol. The molecule has 0 aliphatic carbocycles. The van der Waals surface area contributed by atoms with Gasteiger partial charge in [-0.25, -0.2) is 0 Å². The van der Waals surface area contributed by atoms with E-state index in [1.54, 1.807) is 25.3 Å². The van der Waals surface area contributed by atoms with Crippen LogP contribution in [0.5, 0.6) is 11.5 Å². The van der Waals surface area contributed by atoms with Crippen LogP contribution < -0.4 is 4.74 Å². The number of rotatable bonds is 5. The minimum absolute atomic E-state index is 0.0305. The summed E-state index contributed by atoms with van der Waals surface area (Å²) < 4.78 is 5.49. The quantitative estimate of drug-likeness (QED) is 0.439. The zero-order chi connectivity index (χ0) is 25.1. The largest absolute Gasteiger partial charge is 0.508 e. The summed E-state index contributed by atoms with van der Waals surface area (Å²) in [6, 6.07) is 28.3. The third kappa shape index (κ3) is 4.49. The lowest BCUT2D eigenvalue weighted by atomic mass is 9.90. The standard InChI is InChI=1S/C30H27N3O3/c1-36-25-13-11-22-12-14-27(34)28(26(22)19-25)29(23-9-7-21(20-31)8-10-23)32-15-17-33(18-16-32)30(35)24-5-3-2-4-6-24/h2-14,19,29,34H,15-18H2,1H3/t29-/m1/s1. The molecule has 0 bridgehead atoms. The number of nitrogens with zero attached hydrogens (tertiary/aromatic N) is 3. The Kier molecular flexibility index (Phi) is 6.57. The van der Waals surface area contributed by atoms with Gasteiger partial charge in [0.2, 0.25) is 0 Å². The molecular formula is C30H27N3O3. The van der Waals surface area contributed by atoms with Crippen LogP contribution in [0.2, 0.25) is 0 Å². The predicted molar refractivity (Wildman–Crippen MR) is 139 cm³/mol.